The SMILES string of the molecule is CNC(=O)Oc1nc(N=C2CC(C)=NN2)c2ccccc2n1. The molecule has 0 saturated carbocycles. The van der Waals surface area contributed by atoms with Crippen LogP contribution in [-0.4, -0.2) is 34.7 Å². The summed E-state index contributed by atoms with van der Waals surface area (Å²) in [7, 11) is 1.47. The van der Waals surface area contributed by atoms with E-state index in [0.29, 0.717) is 23.6 Å². The van der Waals surface area contributed by atoms with Gasteiger partial charge in [-0.1, -0.05) is 12.1 Å². The minimum Gasteiger partial charge on any atom is -0.374 e. The fraction of sp³-hybridized carbons (Fsp3) is 0.214. The van der Waals surface area contributed by atoms with Gasteiger partial charge in [0.15, 0.2) is 5.82 Å². The molecule has 0 spiro atoms. The second-order valence-corrected chi connectivity index (χ2v) is 4.68. The predicted octanol–water partition coefficient (Wildman–Crippen LogP) is 1.75. The zero-order valence-electron chi connectivity index (χ0n) is 12.1. The Morgan fingerprint density at radius 2 is 2.18 bits per heavy atom. The van der Waals surface area contributed by atoms with E-state index in [0.717, 1.165) is 11.1 Å². The van der Waals surface area contributed by atoms with Crippen LogP contribution in [-0.2, 0) is 0 Å². The first-order valence-corrected chi connectivity index (χ1v) is 6.69. The molecule has 2 aromatic rings. The standard InChI is InChI=1S/C14H14N6O2/c1-8-7-11(20-19-8)17-12-9-5-3-4-6-10(9)16-13(18-12)22-14(21)15-2/h3-6H,7H2,1-2H3,(H,15,21)(H,16,17,18,20). The van der Waals surface area contributed by atoms with Crippen molar-refractivity contribution in [2.45, 2.75) is 13.3 Å². The lowest BCUT2D eigenvalue weighted by Gasteiger charge is -2.06. The number of ether oxygens (including phenoxy) is 1. The number of aromatic nitrogens is 2. The Morgan fingerprint density at radius 1 is 1.36 bits per heavy atom. The molecule has 1 aromatic carbocycles. The molecule has 3 rings (SSSR count). The number of rotatable bonds is 2. The molecule has 0 saturated heterocycles. The highest BCUT2D eigenvalue weighted by molar-refractivity contribution is 6.07. The van der Waals surface area contributed by atoms with E-state index < -0.39 is 6.09 Å². The summed E-state index contributed by atoms with van der Waals surface area (Å²) in [5.74, 6) is 1.11. The number of hydrazone groups is 1. The van der Waals surface area contributed by atoms with Crippen LogP contribution in [0.5, 0.6) is 6.01 Å². The van der Waals surface area contributed by atoms with Crippen molar-refractivity contribution in [3.63, 3.8) is 0 Å². The third-order valence-corrected chi connectivity index (χ3v) is 2.99. The van der Waals surface area contributed by atoms with Crippen molar-refractivity contribution >= 4 is 34.4 Å². The Morgan fingerprint density at radius 3 is 2.91 bits per heavy atom. The van der Waals surface area contributed by atoms with E-state index in [-0.39, 0.29) is 6.01 Å². The van der Waals surface area contributed by atoms with Crippen molar-refractivity contribution in [3.05, 3.63) is 24.3 Å². The lowest BCUT2D eigenvalue weighted by atomic mass is 10.2. The van der Waals surface area contributed by atoms with Gasteiger partial charge in [-0.2, -0.15) is 15.1 Å². The summed E-state index contributed by atoms with van der Waals surface area (Å²) in [6.07, 6.45) is -0.00342. The summed E-state index contributed by atoms with van der Waals surface area (Å²) in [4.78, 5) is 24.2. The number of carbonyl (C=O) groups excluding carboxylic acids is 1. The average molecular weight is 298 g/mol. The maximum Gasteiger partial charge on any atom is 0.414 e. The second kappa shape index (κ2) is 5.76. The summed E-state index contributed by atoms with van der Waals surface area (Å²) >= 11 is 0. The largest absolute Gasteiger partial charge is 0.414 e. The monoisotopic (exact) mass is 298 g/mol. The van der Waals surface area contributed by atoms with Crippen LogP contribution in [0.15, 0.2) is 34.4 Å². The van der Waals surface area contributed by atoms with E-state index in [1.54, 1.807) is 6.07 Å². The number of carbonyl (C=O) groups is 1. The third-order valence-electron chi connectivity index (χ3n) is 2.99. The highest BCUT2D eigenvalue weighted by Crippen LogP contribution is 2.25. The van der Waals surface area contributed by atoms with Gasteiger partial charge in [0.25, 0.3) is 0 Å². The second-order valence-electron chi connectivity index (χ2n) is 4.68. The molecule has 1 aromatic heterocycles. The summed E-state index contributed by atoms with van der Waals surface area (Å²) in [6.45, 7) is 1.91. The molecule has 112 valence electrons. The number of hydrogen-bond acceptors (Lipinski definition) is 6. The molecule has 0 bridgehead atoms. The fourth-order valence-corrected chi connectivity index (χ4v) is 1.98. The first-order chi connectivity index (χ1) is 10.7. The van der Waals surface area contributed by atoms with Gasteiger partial charge >= 0.3 is 12.1 Å². The molecule has 0 radical (unpaired) electrons. The highest BCUT2D eigenvalue weighted by atomic mass is 16.6. The van der Waals surface area contributed by atoms with Crippen molar-refractivity contribution < 1.29 is 9.53 Å². The van der Waals surface area contributed by atoms with Gasteiger partial charge in [-0.3, -0.25) is 5.43 Å². The molecule has 0 unspecified atom stereocenters. The van der Waals surface area contributed by atoms with Crippen LogP contribution in [0.2, 0.25) is 0 Å². The zero-order valence-corrected chi connectivity index (χ0v) is 12.1. The van der Waals surface area contributed by atoms with Crippen LogP contribution in [0.4, 0.5) is 10.6 Å². The minimum absolute atomic E-state index is 0.0481. The molecule has 0 fully saturated rings. The first kappa shape index (κ1) is 13.9. The number of hydrogen-bond donors (Lipinski definition) is 2. The Kier molecular flexibility index (Phi) is 3.65. The fourth-order valence-electron chi connectivity index (χ4n) is 1.98. The molecule has 0 atom stereocenters. The van der Waals surface area contributed by atoms with E-state index in [9.17, 15) is 4.79 Å². The summed E-state index contributed by atoms with van der Waals surface area (Å²) in [5, 5.41) is 7.20. The Bertz CT molecular complexity index is 799. The lowest BCUT2D eigenvalue weighted by Crippen LogP contribution is -2.23. The summed E-state index contributed by atoms with van der Waals surface area (Å²) in [6, 6.07) is 7.34. The van der Waals surface area contributed by atoms with Gasteiger partial charge in [-0.15, -0.1) is 0 Å². The number of nitrogens with zero attached hydrogens (tertiary/aromatic N) is 4. The van der Waals surface area contributed by atoms with Crippen LogP contribution in [0.3, 0.4) is 0 Å². The summed E-state index contributed by atoms with van der Waals surface area (Å²) in [5.41, 5.74) is 4.44. The van der Waals surface area contributed by atoms with Crippen LogP contribution >= 0.6 is 0 Å². The van der Waals surface area contributed by atoms with Gasteiger partial charge in [-0.05, 0) is 19.1 Å². The molecule has 1 aliphatic rings. The smallest absolute Gasteiger partial charge is 0.374 e. The van der Waals surface area contributed by atoms with Gasteiger partial charge in [0.2, 0.25) is 0 Å². The van der Waals surface area contributed by atoms with Crippen molar-refractivity contribution in [1.82, 2.24) is 20.7 Å². The third kappa shape index (κ3) is 2.85. The van der Waals surface area contributed by atoms with Crippen LogP contribution < -0.4 is 15.5 Å². The topological polar surface area (TPSA) is 101 Å². The van der Waals surface area contributed by atoms with E-state index >= 15 is 0 Å². The predicted molar refractivity (Wildman–Crippen MR) is 82.6 cm³/mol. The van der Waals surface area contributed by atoms with Gasteiger partial charge in [0.05, 0.1) is 5.52 Å². The highest BCUT2D eigenvalue weighted by Gasteiger charge is 2.14. The van der Waals surface area contributed by atoms with Crippen LogP contribution in [0, 0.1) is 0 Å². The van der Waals surface area contributed by atoms with Crippen molar-refractivity contribution in [2.75, 3.05) is 7.05 Å². The number of amides is 1. The molecule has 2 heterocycles. The molecule has 22 heavy (non-hydrogen) atoms. The maximum atomic E-state index is 11.3. The molecule has 2 N–H and O–H groups in total. The Balaban J connectivity index is 2.04. The van der Waals surface area contributed by atoms with Gasteiger partial charge in [-0.25, -0.2) is 9.79 Å². The quantitative estimate of drug-likeness (QED) is 0.879. The average Bonchev–Trinajstić information content (AvgIpc) is 2.92. The van der Waals surface area contributed by atoms with Crippen molar-refractivity contribution in [3.8, 4) is 6.01 Å². The molecule has 1 amide bonds. The zero-order chi connectivity index (χ0) is 15.5. The number of benzene rings is 1. The van der Waals surface area contributed by atoms with Gasteiger partial charge in [0.1, 0.15) is 5.84 Å². The van der Waals surface area contributed by atoms with Crippen LogP contribution in [0.1, 0.15) is 13.3 Å². The molecule has 8 heteroatoms. The number of para-hydroxylation sites is 1. The van der Waals surface area contributed by atoms with Crippen molar-refractivity contribution in [2.24, 2.45) is 10.1 Å². The van der Waals surface area contributed by atoms with E-state index in [1.165, 1.54) is 7.05 Å². The van der Waals surface area contributed by atoms with E-state index in [4.69, 9.17) is 4.74 Å². The molecule has 0 aliphatic carbocycles. The normalized spacial score (nSPS) is 15.5. The Hall–Kier alpha value is -3.03. The molecule has 1 aliphatic heterocycles. The van der Waals surface area contributed by atoms with Gasteiger partial charge < -0.3 is 10.1 Å². The lowest BCUT2D eigenvalue weighted by molar-refractivity contribution is 0.199. The minimum atomic E-state index is -0.632. The van der Waals surface area contributed by atoms with E-state index in [2.05, 4.69) is 30.8 Å². The number of fused-ring (bicyclic) bond motifs is 1. The number of aliphatic imine (C=N–C) groups is 1. The van der Waals surface area contributed by atoms with E-state index in [1.807, 2.05) is 25.1 Å². The molecular weight excluding hydrogens is 284 g/mol. The van der Waals surface area contributed by atoms with Crippen LogP contribution in [0.25, 0.3) is 10.9 Å². The maximum absolute atomic E-state index is 11.3. The molecular formula is C14H14N6O2. The molecule has 8 nitrogen and oxygen atoms in total. The van der Waals surface area contributed by atoms with Gasteiger partial charge in [0, 0.05) is 24.6 Å². The number of amidine groups is 1. The first-order valence-electron chi connectivity index (χ1n) is 6.69. The summed E-state index contributed by atoms with van der Waals surface area (Å²) < 4.78 is 5.01. The van der Waals surface area contributed by atoms with Crippen molar-refractivity contribution in [1.29, 1.82) is 0 Å². The Labute approximate surface area is 126 Å². The number of nitrogens with one attached hydrogen (secondary N) is 2.